The van der Waals surface area contributed by atoms with Crippen LogP contribution in [0, 0.1) is 11.8 Å². The zero-order chi connectivity index (χ0) is 20.6. The number of hydrogen-bond donors (Lipinski definition) is 1. The lowest BCUT2D eigenvalue weighted by molar-refractivity contribution is 0.157. The summed E-state index contributed by atoms with van der Waals surface area (Å²) < 4.78 is 1.18. The van der Waals surface area contributed by atoms with Crippen molar-refractivity contribution in [1.29, 1.82) is 0 Å². The number of amides is 2. The molecule has 29 heavy (non-hydrogen) atoms. The molecule has 0 spiro atoms. The monoisotopic (exact) mass is 483 g/mol. The molecular formula is C23H35BrClN3O. The van der Waals surface area contributed by atoms with Crippen molar-refractivity contribution in [2.75, 3.05) is 39.3 Å². The van der Waals surface area contributed by atoms with Gasteiger partial charge in [-0.15, -0.1) is 0 Å². The third kappa shape index (κ3) is 7.15. The van der Waals surface area contributed by atoms with Crippen molar-refractivity contribution in [3.8, 4) is 0 Å². The van der Waals surface area contributed by atoms with E-state index < -0.39 is 0 Å². The van der Waals surface area contributed by atoms with Crippen LogP contribution < -0.4 is 5.32 Å². The lowest BCUT2D eigenvalue weighted by atomic mass is 9.89. The fourth-order valence-corrected chi connectivity index (χ4v) is 5.32. The Morgan fingerprint density at radius 2 is 1.83 bits per heavy atom. The van der Waals surface area contributed by atoms with Crippen molar-refractivity contribution in [3.63, 3.8) is 0 Å². The molecule has 2 heterocycles. The van der Waals surface area contributed by atoms with Crippen LogP contribution in [0.2, 0.25) is 5.02 Å². The molecule has 2 amide bonds. The van der Waals surface area contributed by atoms with E-state index in [-0.39, 0.29) is 6.03 Å². The topological polar surface area (TPSA) is 35.6 Å². The molecule has 1 aromatic rings. The second kappa shape index (κ2) is 11.6. The molecule has 0 aliphatic carbocycles. The van der Waals surface area contributed by atoms with Crippen molar-refractivity contribution in [3.05, 3.63) is 33.3 Å². The number of carbonyl (C=O) groups excluding carboxylic acids is 1. The molecule has 0 bridgehead atoms. The van der Waals surface area contributed by atoms with Gasteiger partial charge in [-0.3, -0.25) is 0 Å². The fourth-order valence-electron chi connectivity index (χ4n) is 4.72. The van der Waals surface area contributed by atoms with E-state index >= 15 is 0 Å². The molecule has 0 saturated carbocycles. The molecule has 0 unspecified atom stereocenters. The second-order valence-electron chi connectivity index (χ2n) is 8.63. The molecule has 0 aromatic heterocycles. The normalized spacial score (nSPS) is 19.5. The van der Waals surface area contributed by atoms with Crippen LogP contribution in [0.25, 0.3) is 0 Å². The minimum absolute atomic E-state index is 0.110. The fraction of sp³-hybridized carbons (Fsp3) is 0.696. The standard InChI is InChI=1S/C23H35BrClN3O/c1-2-26-23(29)28-14-9-18(10-15-28)4-3-11-27-12-7-19(8-13-27)16-20-17-21(25)5-6-22(20)24/h5-6,17-19H,2-4,7-16H2,1H3,(H,26,29). The summed E-state index contributed by atoms with van der Waals surface area (Å²) in [5.41, 5.74) is 1.34. The average Bonchev–Trinajstić information content (AvgIpc) is 2.73. The van der Waals surface area contributed by atoms with Gasteiger partial charge in [0.25, 0.3) is 0 Å². The lowest BCUT2D eigenvalue weighted by Gasteiger charge is -2.34. The molecule has 162 valence electrons. The predicted octanol–water partition coefficient (Wildman–Crippen LogP) is 5.58. The van der Waals surface area contributed by atoms with Crippen LogP contribution in [0.4, 0.5) is 4.79 Å². The summed E-state index contributed by atoms with van der Waals surface area (Å²) in [4.78, 5) is 16.5. The zero-order valence-corrected chi connectivity index (χ0v) is 20.0. The molecule has 4 nitrogen and oxygen atoms in total. The van der Waals surface area contributed by atoms with Gasteiger partial charge < -0.3 is 15.1 Å². The first-order valence-corrected chi connectivity index (χ1v) is 12.4. The summed E-state index contributed by atoms with van der Waals surface area (Å²) in [6.45, 7) is 8.19. The molecule has 0 atom stereocenters. The summed E-state index contributed by atoms with van der Waals surface area (Å²) >= 11 is 9.83. The maximum absolute atomic E-state index is 11.9. The first kappa shape index (κ1) is 22.9. The van der Waals surface area contributed by atoms with Crippen LogP contribution >= 0.6 is 27.5 Å². The molecule has 6 heteroatoms. The number of urea groups is 1. The van der Waals surface area contributed by atoms with Gasteiger partial charge in [0.1, 0.15) is 0 Å². The minimum atomic E-state index is 0.110. The van der Waals surface area contributed by atoms with Gasteiger partial charge in [0, 0.05) is 29.1 Å². The SMILES string of the molecule is CCNC(=O)N1CCC(CCCN2CCC(Cc3cc(Cl)ccc3Br)CC2)CC1. The largest absolute Gasteiger partial charge is 0.338 e. The van der Waals surface area contributed by atoms with E-state index in [2.05, 4.69) is 38.3 Å². The van der Waals surface area contributed by atoms with Crippen LogP contribution in [-0.4, -0.2) is 55.1 Å². The minimum Gasteiger partial charge on any atom is -0.338 e. The number of rotatable bonds is 7. The molecular weight excluding hydrogens is 450 g/mol. The molecule has 0 radical (unpaired) electrons. The maximum Gasteiger partial charge on any atom is 0.317 e. The Bertz CT molecular complexity index is 656. The molecule has 3 rings (SSSR count). The smallest absolute Gasteiger partial charge is 0.317 e. The Balaban J connectivity index is 1.30. The highest BCUT2D eigenvalue weighted by atomic mass is 79.9. The van der Waals surface area contributed by atoms with E-state index in [0.717, 1.165) is 49.2 Å². The Morgan fingerprint density at radius 3 is 2.52 bits per heavy atom. The van der Waals surface area contributed by atoms with E-state index in [4.69, 9.17) is 11.6 Å². The van der Waals surface area contributed by atoms with Crippen LogP contribution in [-0.2, 0) is 6.42 Å². The van der Waals surface area contributed by atoms with Gasteiger partial charge in [-0.2, -0.15) is 0 Å². The molecule has 1 aromatic carbocycles. The Hall–Kier alpha value is -0.780. The number of halogens is 2. The first-order chi connectivity index (χ1) is 14.0. The highest BCUT2D eigenvalue weighted by molar-refractivity contribution is 9.10. The van der Waals surface area contributed by atoms with Crippen LogP contribution in [0.1, 0.15) is 51.0 Å². The number of nitrogens with zero attached hydrogens (tertiary/aromatic N) is 2. The van der Waals surface area contributed by atoms with E-state index in [1.54, 1.807) is 0 Å². The first-order valence-electron chi connectivity index (χ1n) is 11.2. The van der Waals surface area contributed by atoms with Gasteiger partial charge in [-0.25, -0.2) is 4.79 Å². The summed E-state index contributed by atoms with van der Waals surface area (Å²) in [6, 6.07) is 6.23. The average molecular weight is 485 g/mol. The van der Waals surface area contributed by atoms with Crippen molar-refractivity contribution in [1.82, 2.24) is 15.1 Å². The summed E-state index contributed by atoms with van der Waals surface area (Å²) in [5, 5.41) is 3.74. The number of likely N-dealkylation sites (tertiary alicyclic amines) is 2. The number of benzene rings is 1. The van der Waals surface area contributed by atoms with Crippen LogP contribution in [0.5, 0.6) is 0 Å². The third-order valence-electron chi connectivity index (χ3n) is 6.54. The third-order valence-corrected chi connectivity index (χ3v) is 7.55. The lowest BCUT2D eigenvalue weighted by Crippen LogP contribution is -2.44. The van der Waals surface area contributed by atoms with Gasteiger partial charge >= 0.3 is 6.03 Å². The number of piperidine rings is 2. The van der Waals surface area contributed by atoms with Crippen molar-refractivity contribution < 1.29 is 4.79 Å². The molecule has 1 N–H and O–H groups in total. The summed E-state index contributed by atoms with van der Waals surface area (Å²) in [7, 11) is 0. The van der Waals surface area contributed by atoms with E-state index in [1.165, 1.54) is 55.4 Å². The van der Waals surface area contributed by atoms with Crippen molar-refractivity contribution >= 4 is 33.6 Å². The highest BCUT2D eigenvalue weighted by Crippen LogP contribution is 2.28. The van der Waals surface area contributed by atoms with Gasteiger partial charge in [-0.05, 0) is 107 Å². The predicted molar refractivity (Wildman–Crippen MR) is 125 cm³/mol. The zero-order valence-electron chi connectivity index (χ0n) is 17.6. The molecule has 2 fully saturated rings. The molecule has 2 aliphatic rings. The van der Waals surface area contributed by atoms with Gasteiger partial charge in [0.15, 0.2) is 0 Å². The number of nitrogens with one attached hydrogen (secondary N) is 1. The van der Waals surface area contributed by atoms with E-state index in [0.29, 0.717) is 6.54 Å². The summed E-state index contributed by atoms with van der Waals surface area (Å²) in [5.74, 6) is 1.55. The number of carbonyl (C=O) groups is 1. The van der Waals surface area contributed by atoms with Gasteiger partial charge in [-0.1, -0.05) is 27.5 Å². The maximum atomic E-state index is 11.9. The van der Waals surface area contributed by atoms with E-state index in [1.807, 2.05) is 17.9 Å². The van der Waals surface area contributed by atoms with Gasteiger partial charge in [0.2, 0.25) is 0 Å². The van der Waals surface area contributed by atoms with Gasteiger partial charge in [0.05, 0.1) is 0 Å². The van der Waals surface area contributed by atoms with E-state index in [9.17, 15) is 4.79 Å². The second-order valence-corrected chi connectivity index (χ2v) is 9.92. The van der Waals surface area contributed by atoms with Crippen molar-refractivity contribution in [2.45, 2.75) is 51.9 Å². The molecule has 2 aliphatic heterocycles. The Kier molecular flexibility index (Phi) is 9.13. The summed E-state index contributed by atoms with van der Waals surface area (Å²) in [6.07, 6.45) is 8.60. The Morgan fingerprint density at radius 1 is 1.14 bits per heavy atom. The number of hydrogen-bond acceptors (Lipinski definition) is 2. The highest BCUT2D eigenvalue weighted by Gasteiger charge is 2.23. The molecule has 2 saturated heterocycles. The van der Waals surface area contributed by atoms with Crippen LogP contribution in [0.15, 0.2) is 22.7 Å². The van der Waals surface area contributed by atoms with Crippen LogP contribution in [0.3, 0.4) is 0 Å². The quantitative estimate of drug-likeness (QED) is 0.548. The van der Waals surface area contributed by atoms with Crippen molar-refractivity contribution in [2.24, 2.45) is 11.8 Å². The Labute approximate surface area is 189 Å².